The van der Waals surface area contributed by atoms with Crippen LogP contribution in [0, 0.1) is 5.82 Å². The van der Waals surface area contributed by atoms with Gasteiger partial charge in [-0.1, -0.05) is 19.1 Å². The van der Waals surface area contributed by atoms with Gasteiger partial charge >= 0.3 is 0 Å². The van der Waals surface area contributed by atoms with Gasteiger partial charge in [0.2, 0.25) is 0 Å². The fourth-order valence-corrected chi connectivity index (χ4v) is 4.48. The predicted octanol–water partition coefficient (Wildman–Crippen LogP) is 0.416. The molecule has 0 spiro atoms. The SMILES string of the molecule is CCS(=O)(=O)[C@@H]1[C@@H](c2ccc(F)cc2)[C@]1(N)CO. The predicted molar refractivity (Wildman–Crippen MR) is 66.4 cm³/mol. The van der Waals surface area contributed by atoms with Crippen LogP contribution in [0.15, 0.2) is 24.3 Å². The Morgan fingerprint density at radius 1 is 1.39 bits per heavy atom. The van der Waals surface area contributed by atoms with Crippen LogP contribution in [-0.2, 0) is 9.84 Å². The largest absolute Gasteiger partial charge is 0.394 e. The van der Waals surface area contributed by atoms with E-state index in [2.05, 4.69) is 0 Å². The summed E-state index contributed by atoms with van der Waals surface area (Å²) >= 11 is 0. The second-order valence-electron chi connectivity index (χ2n) is 4.67. The molecule has 3 atom stereocenters. The summed E-state index contributed by atoms with van der Waals surface area (Å²) in [6.45, 7) is 1.14. The van der Waals surface area contributed by atoms with Crippen molar-refractivity contribution in [2.24, 2.45) is 5.73 Å². The van der Waals surface area contributed by atoms with Crippen LogP contribution in [0.4, 0.5) is 4.39 Å². The highest BCUT2D eigenvalue weighted by atomic mass is 32.2. The van der Waals surface area contributed by atoms with E-state index in [4.69, 9.17) is 5.73 Å². The summed E-state index contributed by atoms with van der Waals surface area (Å²) < 4.78 is 36.7. The summed E-state index contributed by atoms with van der Waals surface area (Å²) in [4.78, 5) is 0. The van der Waals surface area contributed by atoms with Crippen LogP contribution < -0.4 is 5.73 Å². The fraction of sp³-hybridized carbons (Fsp3) is 0.500. The molecule has 0 aliphatic heterocycles. The molecule has 4 nitrogen and oxygen atoms in total. The lowest BCUT2D eigenvalue weighted by molar-refractivity contribution is 0.253. The average Bonchev–Trinajstić information content (AvgIpc) is 2.98. The monoisotopic (exact) mass is 273 g/mol. The molecule has 0 heterocycles. The minimum Gasteiger partial charge on any atom is -0.394 e. The minimum absolute atomic E-state index is 0.0195. The Morgan fingerprint density at radius 3 is 2.39 bits per heavy atom. The maximum atomic E-state index is 12.8. The molecule has 1 aromatic rings. The summed E-state index contributed by atoms with van der Waals surface area (Å²) in [5, 5.41) is 8.53. The first kappa shape index (κ1) is 13.5. The van der Waals surface area contributed by atoms with Gasteiger partial charge in [-0.3, -0.25) is 0 Å². The molecule has 1 aliphatic rings. The van der Waals surface area contributed by atoms with Gasteiger partial charge in [-0.05, 0) is 17.7 Å². The summed E-state index contributed by atoms with van der Waals surface area (Å²) in [7, 11) is -3.33. The first-order valence-corrected chi connectivity index (χ1v) is 7.45. The molecule has 0 amide bonds. The molecule has 1 aliphatic carbocycles. The maximum absolute atomic E-state index is 12.8. The van der Waals surface area contributed by atoms with Crippen molar-refractivity contribution in [2.45, 2.75) is 23.6 Å². The van der Waals surface area contributed by atoms with E-state index in [-0.39, 0.29) is 11.6 Å². The first-order valence-electron chi connectivity index (χ1n) is 5.73. The van der Waals surface area contributed by atoms with Crippen LogP contribution in [0.2, 0.25) is 0 Å². The number of aliphatic hydroxyl groups excluding tert-OH is 1. The molecule has 0 radical (unpaired) electrons. The van der Waals surface area contributed by atoms with E-state index in [1.807, 2.05) is 0 Å². The zero-order valence-electron chi connectivity index (χ0n) is 10.0. The molecule has 1 aromatic carbocycles. The fourth-order valence-electron chi connectivity index (χ4n) is 2.49. The molecular formula is C12H16FNO3S. The molecule has 1 fully saturated rings. The quantitative estimate of drug-likeness (QED) is 0.833. The molecule has 3 N–H and O–H groups in total. The average molecular weight is 273 g/mol. The Kier molecular flexibility index (Phi) is 3.21. The van der Waals surface area contributed by atoms with Crippen molar-refractivity contribution in [3.8, 4) is 0 Å². The molecule has 0 saturated heterocycles. The molecule has 1 saturated carbocycles. The Morgan fingerprint density at radius 2 is 1.94 bits per heavy atom. The number of hydrogen-bond acceptors (Lipinski definition) is 4. The van der Waals surface area contributed by atoms with Gasteiger partial charge in [0.25, 0.3) is 0 Å². The lowest BCUT2D eigenvalue weighted by Crippen LogP contribution is -2.35. The number of benzene rings is 1. The van der Waals surface area contributed by atoms with Crippen molar-refractivity contribution in [1.29, 1.82) is 0 Å². The van der Waals surface area contributed by atoms with E-state index < -0.39 is 33.2 Å². The smallest absolute Gasteiger partial charge is 0.155 e. The highest BCUT2D eigenvalue weighted by Gasteiger charge is 2.68. The van der Waals surface area contributed by atoms with Crippen molar-refractivity contribution < 1.29 is 17.9 Å². The van der Waals surface area contributed by atoms with Crippen LogP contribution in [-0.4, -0.2) is 36.7 Å². The molecule has 100 valence electrons. The zero-order chi connectivity index (χ0) is 13.6. The standard InChI is InChI=1S/C12H16FNO3S/c1-2-18(16,17)11-10(12(11,14)7-15)8-3-5-9(13)6-4-8/h3-6,10-11,15H,2,7,14H2,1H3/t10-,11-,12-/m1/s1. The number of rotatable bonds is 4. The molecule has 6 heteroatoms. The van der Waals surface area contributed by atoms with E-state index in [9.17, 15) is 17.9 Å². The molecule has 0 bridgehead atoms. The van der Waals surface area contributed by atoms with Gasteiger partial charge in [0.05, 0.1) is 17.4 Å². The normalized spacial score (nSPS) is 31.3. The zero-order valence-corrected chi connectivity index (χ0v) is 10.8. The van der Waals surface area contributed by atoms with E-state index in [1.165, 1.54) is 24.3 Å². The minimum atomic E-state index is -3.33. The number of aliphatic hydroxyl groups is 1. The summed E-state index contributed by atoms with van der Waals surface area (Å²) in [5.41, 5.74) is 5.45. The van der Waals surface area contributed by atoms with Gasteiger partial charge in [-0.25, -0.2) is 12.8 Å². The van der Waals surface area contributed by atoms with Crippen LogP contribution in [0.25, 0.3) is 0 Å². The van der Waals surface area contributed by atoms with E-state index in [1.54, 1.807) is 6.92 Å². The Bertz CT molecular complexity index is 543. The molecule has 0 aromatic heterocycles. The van der Waals surface area contributed by atoms with Crippen molar-refractivity contribution in [2.75, 3.05) is 12.4 Å². The van der Waals surface area contributed by atoms with Crippen LogP contribution in [0.3, 0.4) is 0 Å². The van der Waals surface area contributed by atoms with Crippen molar-refractivity contribution in [1.82, 2.24) is 0 Å². The van der Waals surface area contributed by atoms with Crippen molar-refractivity contribution in [3.63, 3.8) is 0 Å². The Balaban J connectivity index is 2.37. The number of halogens is 1. The molecule has 0 unspecified atom stereocenters. The summed E-state index contributed by atoms with van der Waals surface area (Å²) in [6.07, 6.45) is 0. The number of hydrogen-bond donors (Lipinski definition) is 2. The Hall–Kier alpha value is -0.980. The summed E-state index contributed by atoms with van der Waals surface area (Å²) in [5.74, 6) is -0.872. The second kappa shape index (κ2) is 4.29. The van der Waals surface area contributed by atoms with Gasteiger partial charge in [-0.2, -0.15) is 0 Å². The Labute approximate surface area is 106 Å². The number of sulfone groups is 1. The lowest BCUT2D eigenvalue weighted by Gasteiger charge is -2.07. The maximum Gasteiger partial charge on any atom is 0.155 e. The van der Waals surface area contributed by atoms with Crippen molar-refractivity contribution in [3.05, 3.63) is 35.6 Å². The first-order chi connectivity index (χ1) is 8.36. The van der Waals surface area contributed by atoms with E-state index in [0.29, 0.717) is 5.56 Å². The third-order valence-electron chi connectivity index (χ3n) is 3.59. The van der Waals surface area contributed by atoms with Gasteiger partial charge in [0.15, 0.2) is 9.84 Å². The van der Waals surface area contributed by atoms with Gasteiger partial charge in [0.1, 0.15) is 5.82 Å². The summed E-state index contributed by atoms with van der Waals surface area (Å²) in [6, 6.07) is 5.56. The highest BCUT2D eigenvalue weighted by molar-refractivity contribution is 7.92. The van der Waals surface area contributed by atoms with Gasteiger partial charge < -0.3 is 10.8 Å². The molecule has 2 rings (SSSR count). The van der Waals surface area contributed by atoms with E-state index in [0.717, 1.165) is 0 Å². The second-order valence-corrected chi connectivity index (χ2v) is 7.08. The lowest BCUT2D eigenvalue weighted by atomic mass is 10.1. The highest BCUT2D eigenvalue weighted by Crippen LogP contribution is 2.53. The van der Waals surface area contributed by atoms with Crippen molar-refractivity contribution >= 4 is 9.84 Å². The molecular weight excluding hydrogens is 257 g/mol. The number of nitrogens with two attached hydrogens (primary N) is 1. The molecule has 18 heavy (non-hydrogen) atoms. The third kappa shape index (κ3) is 1.94. The van der Waals surface area contributed by atoms with Crippen LogP contribution in [0.5, 0.6) is 0 Å². The van der Waals surface area contributed by atoms with Crippen LogP contribution >= 0.6 is 0 Å². The van der Waals surface area contributed by atoms with Crippen LogP contribution in [0.1, 0.15) is 18.4 Å². The van der Waals surface area contributed by atoms with Gasteiger partial charge in [0, 0.05) is 11.7 Å². The topological polar surface area (TPSA) is 80.4 Å². The van der Waals surface area contributed by atoms with E-state index >= 15 is 0 Å². The van der Waals surface area contributed by atoms with Gasteiger partial charge in [-0.15, -0.1) is 0 Å². The third-order valence-corrected chi connectivity index (χ3v) is 5.88.